The first-order chi connectivity index (χ1) is 12.6. The maximum Gasteiger partial charge on any atom is 0.343 e. The van der Waals surface area contributed by atoms with Gasteiger partial charge in [-0.05, 0) is 55.2 Å². The largest absolute Gasteiger partial charge is 0.497 e. The standard InChI is InChI=1S/C20H15ClO5/c1-24-12-7-5-11(6-8-12)19(22)26-18-10-17-15(9-16(18)21)13-3-2-4-14(13)20(23)25-17/h5-10H,2-4H2,1H3. The molecule has 0 spiro atoms. The Morgan fingerprint density at radius 3 is 2.58 bits per heavy atom. The molecular weight excluding hydrogens is 356 g/mol. The van der Waals surface area contributed by atoms with Crippen LogP contribution in [0.5, 0.6) is 11.5 Å². The van der Waals surface area contributed by atoms with Gasteiger partial charge in [-0.3, -0.25) is 0 Å². The number of ether oxygens (including phenoxy) is 2. The van der Waals surface area contributed by atoms with Crippen molar-refractivity contribution in [3.63, 3.8) is 0 Å². The van der Waals surface area contributed by atoms with Gasteiger partial charge < -0.3 is 13.9 Å². The molecule has 26 heavy (non-hydrogen) atoms. The fourth-order valence-corrected chi connectivity index (χ4v) is 3.45. The number of carbonyl (C=O) groups excluding carboxylic acids is 1. The van der Waals surface area contributed by atoms with Gasteiger partial charge in [0, 0.05) is 17.0 Å². The van der Waals surface area contributed by atoms with Crippen LogP contribution in [0.1, 0.15) is 27.9 Å². The number of hydrogen-bond acceptors (Lipinski definition) is 5. The lowest BCUT2D eigenvalue weighted by molar-refractivity contribution is 0.0735. The number of aryl methyl sites for hydroxylation is 1. The van der Waals surface area contributed by atoms with E-state index in [-0.39, 0.29) is 11.4 Å². The third-order valence-electron chi connectivity index (χ3n) is 4.55. The molecule has 132 valence electrons. The van der Waals surface area contributed by atoms with E-state index in [4.69, 9.17) is 25.5 Å². The van der Waals surface area contributed by atoms with E-state index in [1.165, 1.54) is 6.07 Å². The molecule has 4 rings (SSSR count). The summed E-state index contributed by atoms with van der Waals surface area (Å²) in [6.07, 6.45) is 2.46. The van der Waals surface area contributed by atoms with Crippen LogP contribution in [0.25, 0.3) is 11.0 Å². The average Bonchev–Trinajstić information content (AvgIpc) is 3.14. The van der Waals surface area contributed by atoms with Crippen LogP contribution in [0, 0.1) is 0 Å². The van der Waals surface area contributed by atoms with Gasteiger partial charge in [-0.15, -0.1) is 0 Å². The molecule has 0 saturated carbocycles. The number of hydrogen-bond donors (Lipinski definition) is 0. The quantitative estimate of drug-likeness (QED) is 0.393. The van der Waals surface area contributed by atoms with Gasteiger partial charge in [0.25, 0.3) is 0 Å². The van der Waals surface area contributed by atoms with Gasteiger partial charge in [0.2, 0.25) is 0 Å². The summed E-state index contributed by atoms with van der Waals surface area (Å²) in [4.78, 5) is 24.4. The molecule has 3 aromatic rings. The van der Waals surface area contributed by atoms with Crippen LogP contribution < -0.4 is 15.1 Å². The van der Waals surface area contributed by atoms with Crippen LogP contribution in [0.3, 0.4) is 0 Å². The van der Waals surface area contributed by atoms with Crippen molar-refractivity contribution < 1.29 is 18.7 Å². The van der Waals surface area contributed by atoms with Crippen LogP contribution in [0.2, 0.25) is 5.02 Å². The van der Waals surface area contributed by atoms with Gasteiger partial charge in [0.15, 0.2) is 5.75 Å². The predicted octanol–water partition coefficient (Wildman–Crippen LogP) is 4.16. The summed E-state index contributed by atoms with van der Waals surface area (Å²) in [5.74, 6) is 0.236. The Bertz CT molecular complexity index is 1070. The first-order valence-electron chi connectivity index (χ1n) is 8.21. The lowest BCUT2D eigenvalue weighted by Crippen LogP contribution is -2.10. The minimum atomic E-state index is -0.558. The highest BCUT2D eigenvalue weighted by Crippen LogP contribution is 2.35. The van der Waals surface area contributed by atoms with E-state index in [1.807, 2.05) is 0 Å². The molecule has 0 N–H and O–H groups in total. The van der Waals surface area contributed by atoms with E-state index in [9.17, 15) is 9.59 Å². The van der Waals surface area contributed by atoms with Crippen molar-refractivity contribution in [3.8, 4) is 11.5 Å². The van der Waals surface area contributed by atoms with E-state index >= 15 is 0 Å². The van der Waals surface area contributed by atoms with Crippen LogP contribution in [0.4, 0.5) is 0 Å². The van der Waals surface area contributed by atoms with Crippen molar-refractivity contribution in [2.24, 2.45) is 0 Å². The zero-order chi connectivity index (χ0) is 18.3. The zero-order valence-corrected chi connectivity index (χ0v) is 14.8. The van der Waals surface area contributed by atoms with Crippen molar-refractivity contribution in [2.45, 2.75) is 19.3 Å². The third-order valence-corrected chi connectivity index (χ3v) is 4.85. The molecule has 0 bridgehead atoms. The molecule has 0 fully saturated rings. The predicted molar refractivity (Wildman–Crippen MR) is 97.5 cm³/mol. The average molecular weight is 371 g/mol. The molecule has 6 heteroatoms. The van der Waals surface area contributed by atoms with Crippen molar-refractivity contribution in [3.05, 3.63) is 68.5 Å². The van der Waals surface area contributed by atoms with Crippen LogP contribution in [0.15, 0.2) is 45.6 Å². The fourth-order valence-electron chi connectivity index (χ4n) is 3.25. The van der Waals surface area contributed by atoms with Gasteiger partial charge in [-0.25, -0.2) is 9.59 Å². The lowest BCUT2D eigenvalue weighted by atomic mass is 10.1. The number of benzene rings is 2. The van der Waals surface area contributed by atoms with Crippen LogP contribution >= 0.6 is 11.6 Å². The van der Waals surface area contributed by atoms with E-state index in [2.05, 4.69) is 0 Å². The highest BCUT2D eigenvalue weighted by molar-refractivity contribution is 6.33. The highest BCUT2D eigenvalue weighted by atomic mass is 35.5. The monoisotopic (exact) mass is 370 g/mol. The van der Waals surface area contributed by atoms with Gasteiger partial charge in [0.05, 0.1) is 17.7 Å². The number of carbonyl (C=O) groups is 1. The summed E-state index contributed by atoms with van der Waals surface area (Å²) in [6, 6.07) is 9.73. The number of esters is 1. The number of methoxy groups -OCH3 is 1. The maximum atomic E-state index is 12.3. The molecular formula is C20H15ClO5. The molecule has 0 radical (unpaired) electrons. The van der Waals surface area contributed by atoms with Gasteiger partial charge in [-0.2, -0.15) is 0 Å². The fraction of sp³-hybridized carbons (Fsp3) is 0.200. The van der Waals surface area contributed by atoms with Crippen molar-refractivity contribution in [1.82, 2.24) is 0 Å². The number of halogens is 1. The van der Waals surface area contributed by atoms with E-state index in [0.29, 0.717) is 21.9 Å². The van der Waals surface area contributed by atoms with Crippen molar-refractivity contribution >= 4 is 28.5 Å². The molecule has 1 aromatic heterocycles. The van der Waals surface area contributed by atoms with Crippen molar-refractivity contribution in [1.29, 1.82) is 0 Å². The summed E-state index contributed by atoms with van der Waals surface area (Å²) in [5, 5.41) is 1.09. The molecule has 0 unspecified atom stereocenters. The zero-order valence-electron chi connectivity index (χ0n) is 14.0. The SMILES string of the molecule is COc1ccc(C(=O)Oc2cc3oc(=O)c4c(c3cc2Cl)CCC4)cc1. The summed E-state index contributed by atoms with van der Waals surface area (Å²) in [6.45, 7) is 0. The Balaban J connectivity index is 1.70. The molecule has 1 aliphatic rings. The van der Waals surface area contributed by atoms with Crippen LogP contribution in [-0.2, 0) is 12.8 Å². The Labute approximate surface area is 154 Å². The summed E-state index contributed by atoms with van der Waals surface area (Å²) in [7, 11) is 1.55. The van der Waals surface area contributed by atoms with E-state index < -0.39 is 5.97 Å². The Kier molecular flexibility index (Phi) is 4.17. The Morgan fingerprint density at radius 2 is 1.85 bits per heavy atom. The maximum absolute atomic E-state index is 12.3. The summed E-state index contributed by atoms with van der Waals surface area (Å²) in [5.41, 5.74) is 2.09. The summed E-state index contributed by atoms with van der Waals surface area (Å²) >= 11 is 6.31. The first-order valence-corrected chi connectivity index (χ1v) is 8.59. The minimum Gasteiger partial charge on any atom is -0.497 e. The summed E-state index contributed by atoms with van der Waals surface area (Å²) < 4.78 is 15.9. The first kappa shape index (κ1) is 16.7. The van der Waals surface area contributed by atoms with Crippen molar-refractivity contribution in [2.75, 3.05) is 7.11 Å². The van der Waals surface area contributed by atoms with E-state index in [1.54, 1.807) is 37.4 Å². The molecule has 2 aromatic carbocycles. The van der Waals surface area contributed by atoms with Crippen LogP contribution in [-0.4, -0.2) is 13.1 Å². The molecule has 1 heterocycles. The number of rotatable bonds is 3. The normalized spacial score (nSPS) is 12.8. The van der Waals surface area contributed by atoms with E-state index in [0.717, 1.165) is 35.8 Å². The van der Waals surface area contributed by atoms with Gasteiger partial charge in [-0.1, -0.05) is 11.6 Å². The lowest BCUT2D eigenvalue weighted by Gasteiger charge is -2.10. The molecule has 5 nitrogen and oxygen atoms in total. The van der Waals surface area contributed by atoms with Gasteiger partial charge in [0.1, 0.15) is 11.3 Å². The third kappa shape index (κ3) is 2.84. The molecule has 0 saturated heterocycles. The highest BCUT2D eigenvalue weighted by Gasteiger charge is 2.21. The second-order valence-electron chi connectivity index (χ2n) is 6.10. The molecule has 0 atom stereocenters. The second-order valence-corrected chi connectivity index (χ2v) is 6.50. The second kappa shape index (κ2) is 6.50. The number of fused-ring (bicyclic) bond motifs is 3. The Hall–Kier alpha value is -2.79. The smallest absolute Gasteiger partial charge is 0.343 e. The topological polar surface area (TPSA) is 65.7 Å². The van der Waals surface area contributed by atoms with Gasteiger partial charge >= 0.3 is 11.6 Å². The molecule has 0 amide bonds. The Morgan fingerprint density at radius 1 is 1.12 bits per heavy atom. The molecule has 0 aliphatic heterocycles. The molecule has 1 aliphatic carbocycles. The minimum absolute atomic E-state index is 0.154.